The van der Waals surface area contributed by atoms with Crippen molar-refractivity contribution in [1.82, 2.24) is 9.03 Å². The Morgan fingerprint density at radius 1 is 1.35 bits per heavy atom. The van der Waals surface area contributed by atoms with Gasteiger partial charge in [-0.3, -0.25) is 0 Å². The molecule has 0 saturated carbocycles. The second-order valence-corrected chi connectivity index (χ2v) is 7.60. The number of nitrogens with one attached hydrogen (secondary N) is 1. The lowest BCUT2D eigenvalue weighted by Gasteiger charge is -2.22. The smallest absolute Gasteiger partial charge is 0.280 e. The summed E-state index contributed by atoms with van der Waals surface area (Å²) in [6.07, 6.45) is 5.44. The van der Waals surface area contributed by atoms with Crippen molar-refractivity contribution in [3.8, 4) is 0 Å². The van der Waals surface area contributed by atoms with Gasteiger partial charge < -0.3 is 13.9 Å². The fourth-order valence-electron chi connectivity index (χ4n) is 3.11. The number of hydrogen-bond donors (Lipinski definition) is 1. The van der Waals surface area contributed by atoms with Crippen LogP contribution >= 0.6 is 0 Å². The van der Waals surface area contributed by atoms with Crippen molar-refractivity contribution in [3.63, 3.8) is 0 Å². The van der Waals surface area contributed by atoms with Gasteiger partial charge >= 0.3 is 0 Å². The van der Waals surface area contributed by atoms with Crippen molar-refractivity contribution in [3.05, 3.63) is 24.2 Å². The van der Waals surface area contributed by atoms with Gasteiger partial charge in [-0.05, 0) is 37.8 Å². The van der Waals surface area contributed by atoms with Crippen LogP contribution in [-0.2, 0) is 19.7 Å². The van der Waals surface area contributed by atoms with Crippen LogP contribution in [0.25, 0.3) is 0 Å². The molecule has 1 aromatic heterocycles. The zero-order chi connectivity index (χ0) is 16.1. The van der Waals surface area contributed by atoms with Gasteiger partial charge in [-0.15, -0.1) is 0 Å². The van der Waals surface area contributed by atoms with Gasteiger partial charge in [0.05, 0.1) is 31.6 Å². The Morgan fingerprint density at radius 3 is 3.00 bits per heavy atom. The van der Waals surface area contributed by atoms with Crippen LogP contribution < -0.4 is 4.72 Å². The number of ether oxygens (including phenoxy) is 2. The average molecular weight is 344 g/mol. The highest BCUT2D eigenvalue weighted by Gasteiger charge is 2.36. The molecule has 130 valence electrons. The Hall–Kier alpha value is -0.930. The van der Waals surface area contributed by atoms with E-state index in [0.717, 1.165) is 32.3 Å². The molecule has 8 heteroatoms. The van der Waals surface area contributed by atoms with E-state index in [4.69, 9.17) is 13.9 Å². The van der Waals surface area contributed by atoms with E-state index in [-0.39, 0.29) is 18.7 Å². The molecule has 7 nitrogen and oxygen atoms in total. The first-order valence-corrected chi connectivity index (χ1v) is 9.60. The largest absolute Gasteiger partial charge is 0.468 e. The number of furan rings is 1. The quantitative estimate of drug-likeness (QED) is 0.722. The Bertz CT molecular complexity index is 569. The van der Waals surface area contributed by atoms with E-state index in [1.54, 1.807) is 12.3 Å². The van der Waals surface area contributed by atoms with Crippen molar-refractivity contribution in [2.75, 3.05) is 32.9 Å². The average Bonchev–Trinajstić information content (AvgIpc) is 3.27. The van der Waals surface area contributed by atoms with E-state index in [2.05, 4.69) is 4.72 Å². The Labute approximate surface area is 137 Å². The predicted molar refractivity (Wildman–Crippen MR) is 84.1 cm³/mol. The first-order valence-electron chi connectivity index (χ1n) is 8.16. The highest BCUT2D eigenvalue weighted by atomic mass is 32.2. The minimum Gasteiger partial charge on any atom is -0.468 e. The van der Waals surface area contributed by atoms with Crippen molar-refractivity contribution < 1.29 is 22.3 Å². The van der Waals surface area contributed by atoms with Gasteiger partial charge in [0, 0.05) is 19.7 Å². The zero-order valence-corrected chi connectivity index (χ0v) is 14.0. The van der Waals surface area contributed by atoms with Gasteiger partial charge in [-0.25, -0.2) is 0 Å². The fraction of sp³-hybridized carbons (Fsp3) is 0.733. The molecule has 23 heavy (non-hydrogen) atoms. The normalized spacial score (nSPS) is 26.1. The summed E-state index contributed by atoms with van der Waals surface area (Å²) in [4.78, 5) is 0. The molecule has 2 fully saturated rings. The third-order valence-electron chi connectivity index (χ3n) is 4.24. The molecule has 3 rings (SSSR count). The minimum atomic E-state index is -3.52. The highest BCUT2D eigenvalue weighted by Crippen LogP contribution is 2.33. The molecule has 2 atom stereocenters. The van der Waals surface area contributed by atoms with E-state index >= 15 is 0 Å². The first-order chi connectivity index (χ1) is 11.2. The maximum absolute atomic E-state index is 12.5. The molecular formula is C15H24N2O5S. The van der Waals surface area contributed by atoms with E-state index in [1.165, 1.54) is 4.31 Å². The van der Waals surface area contributed by atoms with Gasteiger partial charge in [-0.1, -0.05) is 0 Å². The Morgan fingerprint density at radius 2 is 2.26 bits per heavy atom. The lowest BCUT2D eigenvalue weighted by molar-refractivity contribution is 0.0192. The van der Waals surface area contributed by atoms with E-state index in [0.29, 0.717) is 25.5 Å². The summed E-state index contributed by atoms with van der Waals surface area (Å²) in [6, 6.07) is 3.39. The lowest BCUT2D eigenvalue weighted by atomic mass is 10.2. The van der Waals surface area contributed by atoms with Gasteiger partial charge in [0.25, 0.3) is 10.2 Å². The first kappa shape index (κ1) is 16.9. The standard InChI is InChI=1S/C15H24N2O5S/c18-23(19,16-7-11-20-12-13-4-2-9-21-13)17-8-1-5-14(17)15-6-3-10-22-15/h3,6,10,13-14,16H,1-2,4-5,7-9,11-12H2. The van der Waals surface area contributed by atoms with E-state index in [9.17, 15) is 8.42 Å². The van der Waals surface area contributed by atoms with Gasteiger partial charge in [0.15, 0.2) is 0 Å². The van der Waals surface area contributed by atoms with Gasteiger partial charge in [0.1, 0.15) is 5.76 Å². The molecular weight excluding hydrogens is 320 g/mol. The Kier molecular flexibility index (Phi) is 5.71. The molecule has 2 saturated heterocycles. The lowest BCUT2D eigenvalue weighted by Crippen LogP contribution is -2.41. The summed E-state index contributed by atoms with van der Waals surface area (Å²) < 4.78 is 45.3. The molecule has 0 spiro atoms. The minimum absolute atomic E-state index is 0.161. The van der Waals surface area contributed by atoms with E-state index in [1.807, 2.05) is 6.07 Å². The van der Waals surface area contributed by atoms with Crippen LogP contribution in [0, 0.1) is 0 Å². The molecule has 0 amide bonds. The third-order valence-corrected chi connectivity index (χ3v) is 5.87. The zero-order valence-electron chi connectivity index (χ0n) is 13.1. The van der Waals surface area contributed by atoms with Crippen LogP contribution in [0.4, 0.5) is 0 Å². The van der Waals surface area contributed by atoms with Crippen LogP contribution in [0.15, 0.2) is 22.8 Å². The second-order valence-electron chi connectivity index (χ2n) is 5.89. The molecule has 0 bridgehead atoms. The van der Waals surface area contributed by atoms with Crippen molar-refractivity contribution in [1.29, 1.82) is 0 Å². The molecule has 2 unspecified atom stereocenters. The maximum Gasteiger partial charge on any atom is 0.280 e. The van der Waals surface area contributed by atoms with Crippen molar-refractivity contribution in [2.45, 2.75) is 37.8 Å². The van der Waals surface area contributed by atoms with Crippen LogP contribution in [0.2, 0.25) is 0 Å². The second kappa shape index (κ2) is 7.76. The molecule has 1 aromatic rings. The van der Waals surface area contributed by atoms with E-state index < -0.39 is 10.2 Å². The topological polar surface area (TPSA) is 81.0 Å². The molecule has 1 N–H and O–H groups in total. The van der Waals surface area contributed by atoms with Crippen LogP contribution in [-0.4, -0.2) is 51.7 Å². The number of nitrogens with zero attached hydrogens (tertiary/aromatic N) is 1. The summed E-state index contributed by atoms with van der Waals surface area (Å²) in [5.41, 5.74) is 0. The number of hydrogen-bond acceptors (Lipinski definition) is 5. The molecule has 0 aliphatic carbocycles. The van der Waals surface area contributed by atoms with Gasteiger partial charge in [-0.2, -0.15) is 17.4 Å². The molecule has 3 heterocycles. The molecule has 2 aliphatic rings. The van der Waals surface area contributed by atoms with Crippen LogP contribution in [0.1, 0.15) is 37.5 Å². The summed E-state index contributed by atoms with van der Waals surface area (Å²) in [7, 11) is -3.52. The van der Waals surface area contributed by atoms with Crippen molar-refractivity contribution >= 4 is 10.2 Å². The Balaban J connectivity index is 1.44. The highest BCUT2D eigenvalue weighted by molar-refractivity contribution is 7.87. The van der Waals surface area contributed by atoms with Crippen LogP contribution in [0.3, 0.4) is 0 Å². The predicted octanol–water partition coefficient (Wildman–Crippen LogP) is 1.45. The molecule has 0 aromatic carbocycles. The summed E-state index contributed by atoms with van der Waals surface area (Å²) in [6.45, 7) is 2.44. The molecule has 0 radical (unpaired) electrons. The maximum atomic E-state index is 12.5. The number of rotatable bonds is 8. The van der Waals surface area contributed by atoms with Crippen molar-refractivity contribution in [2.24, 2.45) is 0 Å². The molecule has 2 aliphatic heterocycles. The third kappa shape index (κ3) is 4.33. The fourth-order valence-corrected chi connectivity index (χ4v) is 4.53. The summed E-state index contributed by atoms with van der Waals surface area (Å²) in [5, 5.41) is 0. The SMILES string of the molecule is O=S(=O)(NCCOCC1CCCO1)N1CCCC1c1ccco1. The van der Waals surface area contributed by atoms with Gasteiger partial charge in [0.2, 0.25) is 0 Å². The summed E-state index contributed by atoms with van der Waals surface area (Å²) >= 11 is 0. The van der Waals surface area contributed by atoms with Crippen LogP contribution in [0.5, 0.6) is 0 Å². The summed E-state index contributed by atoms with van der Waals surface area (Å²) in [5.74, 6) is 0.697. The monoisotopic (exact) mass is 344 g/mol.